The van der Waals surface area contributed by atoms with Gasteiger partial charge in [0.15, 0.2) is 0 Å². The van der Waals surface area contributed by atoms with Crippen LogP contribution in [0.1, 0.15) is 32.4 Å². The number of hydrogen-bond acceptors (Lipinski definition) is 4. The Morgan fingerprint density at radius 1 is 1.42 bits per heavy atom. The summed E-state index contributed by atoms with van der Waals surface area (Å²) >= 11 is 1.75. The van der Waals surface area contributed by atoms with E-state index < -0.39 is 0 Å². The highest BCUT2D eigenvalue weighted by Gasteiger charge is 2.21. The molecule has 0 saturated carbocycles. The Kier molecular flexibility index (Phi) is 4.23. The lowest BCUT2D eigenvalue weighted by Gasteiger charge is -2.34. The molecule has 2 heterocycles. The molecule has 0 aliphatic heterocycles. The molecule has 2 rings (SSSR count). The summed E-state index contributed by atoms with van der Waals surface area (Å²) in [5.74, 6) is 0. The van der Waals surface area contributed by atoms with E-state index in [1.807, 2.05) is 6.20 Å². The smallest absolute Gasteiger partial charge is 0.0809 e. The fourth-order valence-electron chi connectivity index (χ4n) is 1.78. The summed E-state index contributed by atoms with van der Waals surface area (Å²) < 4.78 is 1.26. The number of hydrogen-bond donors (Lipinski definition) is 1. The monoisotopic (exact) mass is 277 g/mol. The summed E-state index contributed by atoms with van der Waals surface area (Å²) in [6, 6.07) is 4.63. The van der Waals surface area contributed by atoms with E-state index in [9.17, 15) is 0 Å². The predicted octanol–water partition coefficient (Wildman–Crippen LogP) is 3.29. The lowest BCUT2D eigenvalue weighted by atomic mass is 10.0. The first-order valence-corrected chi connectivity index (χ1v) is 7.52. The van der Waals surface area contributed by atoms with Gasteiger partial charge in [-0.25, -0.2) is 0 Å². The zero-order valence-corrected chi connectivity index (χ0v) is 13.2. The summed E-state index contributed by atoms with van der Waals surface area (Å²) in [5.41, 5.74) is 2.49. The van der Waals surface area contributed by atoms with E-state index in [1.165, 1.54) is 10.3 Å². The lowest BCUT2D eigenvalue weighted by Crippen LogP contribution is -2.47. The average Bonchev–Trinajstić information content (AvgIpc) is 2.82. The number of nitrogens with zero attached hydrogens (tertiary/aromatic N) is 2. The maximum absolute atomic E-state index is 4.50. The van der Waals surface area contributed by atoms with Gasteiger partial charge in [-0.15, -0.1) is 11.3 Å². The van der Waals surface area contributed by atoms with Crippen molar-refractivity contribution >= 4 is 21.6 Å². The number of likely N-dealkylation sites (N-methyl/N-ethyl adjacent to an activating group) is 1. The van der Waals surface area contributed by atoms with Crippen LogP contribution in [-0.4, -0.2) is 36.1 Å². The Morgan fingerprint density at radius 3 is 2.84 bits per heavy atom. The third-order valence-corrected chi connectivity index (χ3v) is 4.73. The molecule has 3 nitrogen and oxygen atoms in total. The van der Waals surface area contributed by atoms with Crippen molar-refractivity contribution in [1.29, 1.82) is 0 Å². The van der Waals surface area contributed by atoms with E-state index in [0.29, 0.717) is 6.04 Å². The topological polar surface area (TPSA) is 28.2 Å². The van der Waals surface area contributed by atoms with Gasteiger partial charge in [0, 0.05) is 24.3 Å². The van der Waals surface area contributed by atoms with Crippen molar-refractivity contribution in [3.8, 4) is 0 Å². The molecule has 0 aliphatic rings. The van der Waals surface area contributed by atoms with Crippen LogP contribution in [0.2, 0.25) is 0 Å². The molecule has 4 heteroatoms. The third-order valence-electron chi connectivity index (χ3n) is 3.88. The first-order valence-electron chi connectivity index (χ1n) is 6.64. The third kappa shape index (κ3) is 3.32. The standard InChI is InChI=1S/C15H23N3S/c1-11(17-10-15(2,3)18(4)5)12-8-14-13(16-9-12)6-7-19-14/h6-9,11,17H,10H2,1-5H3. The quantitative estimate of drug-likeness (QED) is 0.909. The molecule has 0 bridgehead atoms. The van der Waals surface area contributed by atoms with Crippen molar-refractivity contribution in [3.63, 3.8) is 0 Å². The molecule has 104 valence electrons. The molecular formula is C15H23N3S. The van der Waals surface area contributed by atoms with Crippen LogP contribution in [0.5, 0.6) is 0 Å². The fourth-order valence-corrected chi connectivity index (χ4v) is 2.57. The second-order valence-corrected chi connectivity index (χ2v) is 6.83. The molecule has 0 fully saturated rings. The van der Waals surface area contributed by atoms with Gasteiger partial charge in [0.05, 0.1) is 10.2 Å². The Hall–Kier alpha value is -0.970. The normalized spacial score (nSPS) is 14.2. The molecule has 0 saturated heterocycles. The van der Waals surface area contributed by atoms with Crippen LogP contribution < -0.4 is 5.32 Å². The molecule has 2 aromatic heterocycles. The van der Waals surface area contributed by atoms with Gasteiger partial charge in [0.25, 0.3) is 0 Å². The summed E-state index contributed by atoms with van der Waals surface area (Å²) in [5, 5.41) is 5.69. The molecule has 0 aliphatic carbocycles. The summed E-state index contributed by atoms with van der Waals surface area (Å²) in [6.45, 7) is 7.63. The predicted molar refractivity (Wildman–Crippen MR) is 83.8 cm³/mol. The first-order chi connectivity index (χ1) is 8.90. The minimum absolute atomic E-state index is 0.148. The van der Waals surface area contributed by atoms with Gasteiger partial charge in [-0.2, -0.15) is 0 Å². The van der Waals surface area contributed by atoms with Gasteiger partial charge in [-0.05, 0) is 57.9 Å². The van der Waals surface area contributed by atoms with Gasteiger partial charge in [0.1, 0.15) is 0 Å². The Morgan fingerprint density at radius 2 is 2.16 bits per heavy atom. The van der Waals surface area contributed by atoms with Gasteiger partial charge in [-0.3, -0.25) is 4.98 Å². The maximum Gasteiger partial charge on any atom is 0.0809 e. The Labute approximate surface area is 119 Å². The van der Waals surface area contributed by atoms with Gasteiger partial charge in [-0.1, -0.05) is 0 Å². The van der Waals surface area contributed by atoms with Crippen molar-refractivity contribution in [3.05, 3.63) is 29.3 Å². The average molecular weight is 277 g/mol. The molecule has 0 radical (unpaired) electrons. The Balaban J connectivity index is 2.05. The highest BCUT2D eigenvalue weighted by Crippen LogP contribution is 2.23. The molecule has 1 atom stereocenters. The molecule has 2 aromatic rings. The van der Waals surface area contributed by atoms with E-state index in [0.717, 1.165) is 12.1 Å². The van der Waals surface area contributed by atoms with Crippen LogP contribution in [0, 0.1) is 0 Å². The molecule has 0 aromatic carbocycles. The van der Waals surface area contributed by atoms with Crippen molar-refractivity contribution in [2.45, 2.75) is 32.4 Å². The lowest BCUT2D eigenvalue weighted by molar-refractivity contribution is 0.185. The fraction of sp³-hybridized carbons (Fsp3) is 0.533. The van der Waals surface area contributed by atoms with Crippen LogP contribution >= 0.6 is 11.3 Å². The van der Waals surface area contributed by atoms with E-state index in [-0.39, 0.29) is 5.54 Å². The van der Waals surface area contributed by atoms with Crippen LogP contribution in [0.4, 0.5) is 0 Å². The van der Waals surface area contributed by atoms with Crippen LogP contribution in [-0.2, 0) is 0 Å². The molecule has 1 N–H and O–H groups in total. The van der Waals surface area contributed by atoms with E-state index >= 15 is 0 Å². The molecule has 0 amide bonds. The second-order valence-electron chi connectivity index (χ2n) is 5.88. The summed E-state index contributed by atoms with van der Waals surface area (Å²) in [6.07, 6.45) is 1.98. The van der Waals surface area contributed by atoms with E-state index in [1.54, 1.807) is 11.3 Å². The first kappa shape index (κ1) is 14.4. The van der Waals surface area contributed by atoms with Gasteiger partial charge in [0.2, 0.25) is 0 Å². The number of thiophene rings is 1. The number of rotatable bonds is 5. The SMILES string of the molecule is CC(NCC(C)(C)N(C)C)c1cnc2ccsc2c1. The van der Waals surface area contributed by atoms with Crippen molar-refractivity contribution < 1.29 is 0 Å². The van der Waals surface area contributed by atoms with E-state index in [4.69, 9.17) is 0 Å². The number of aromatic nitrogens is 1. The maximum atomic E-state index is 4.50. The van der Waals surface area contributed by atoms with Crippen molar-refractivity contribution in [2.75, 3.05) is 20.6 Å². The van der Waals surface area contributed by atoms with Crippen molar-refractivity contribution in [2.24, 2.45) is 0 Å². The zero-order chi connectivity index (χ0) is 14.0. The molecule has 0 spiro atoms. The summed E-state index contributed by atoms with van der Waals surface area (Å²) in [7, 11) is 4.23. The number of nitrogens with one attached hydrogen (secondary N) is 1. The highest BCUT2D eigenvalue weighted by atomic mass is 32.1. The molecule has 19 heavy (non-hydrogen) atoms. The largest absolute Gasteiger partial charge is 0.308 e. The van der Waals surface area contributed by atoms with Gasteiger partial charge >= 0.3 is 0 Å². The highest BCUT2D eigenvalue weighted by molar-refractivity contribution is 7.17. The van der Waals surface area contributed by atoms with E-state index in [2.05, 4.69) is 67.6 Å². The number of pyridine rings is 1. The molecule has 1 unspecified atom stereocenters. The van der Waals surface area contributed by atoms with Crippen LogP contribution in [0.25, 0.3) is 10.2 Å². The van der Waals surface area contributed by atoms with Crippen molar-refractivity contribution in [1.82, 2.24) is 15.2 Å². The number of fused-ring (bicyclic) bond motifs is 1. The summed E-state index contributed by atoms with van der Waals surface area (Å²) in [4.78, 5) is 6.75. The Bertz CT molecular complexity index is 545. The minimum atomic E-state index is 0.148. The minimum Gasteiger partial charge on any atom is -0.308 e. The van der Waals surface area contributed by atoms with Crippen LogP contribution in [0.3, 0.4) is 0 Å². The molecular weight excluding hydrogens is 254 g/mol. The zero-order valence-electron chi connectivity index (χ0n) is 12.4. The second kappa shape index (κ2) is 5.57. The van der Waals surface area contributed by atoms with Crippen LogP contribution in [0.15, 0.2) is 23.7 Å². The van der Waals surface area contributed by atoms with Gasteiger partial charge < -0.3 is 10.2 Å².